The van der Waals surface area contributed by atoms with E-state index in [1.807, 2.05) is 38.6 Å². The number of nitrogens with zero attached hydrogens (tertiary/aromatic N) is 3. The molecule has 7 atom stereocenters. The lowest BCUT2D eigenvalue weighted by Gasteiger charge is -2.44. The maximum atomic E-state index is 14.4. The molecule has 1 aromatic carbocycles. The fraction of sp³-hybridized carbons (Fsp3) is 0.686. The number of aliphatic hydroxyl groups excluding tert-OH is 1. The van der Waals surface area contributed by atoms with E-state index < -0.39 is 23.2 Å². The first-order chi connectivity index (χ1) is 31.4. The average molecular weight is 929 g/mol. The number of ether oxygens (including phenoxy) is 2. The van der Waals surface area contributed by atoms with E-state index in [1.54, 1.807) is 6.20 Å². The molecule has 4 aliphatic heterocycles. The maximum Gasteiger partial charge on any atom is 0.302 e. The predicted octanol–water partition coefficient (Wildman–Crippen LogP) is 9.00. The van der Waals surface area contributed by atoms with Crippen molar-refractivity contribution in [2.75, 3.05) is 24.6 Å². The molecule has 5 heterocycles. The summed E-state index contributed by atoms with van der Waals surface area (Å²) in [5.41, 5.74) is 16.1. The molecule has 2 aromatic rings. The van der Waals surface area contributed by atoms with E-state index in [-0.39, 0.29) is 40.4 Å². The minimum atomic E-state index is -0.580. The van der Waals surface area contributed by atoms with Crippen LogP contribution in [0.1, 0.15) is 164 Å². The van der Waals surface area contributed by atoms with Crippen LogP contribution in [-0.4, -0.2) is 79.5 Å². The SMILES string of the molecule is CC(=O)O[C@@H]1CCc2cc(c(O)c3c2[C@H]2C=C[C@@]4(CCC[C@H]4C2)O3)CN2C[C@](Cc3ccnc(N)c3)(CCN=C(N)N[C@]3(CCCC34CCCC4)SSCCCCCC[C@H](O)C1)CC2=O. The van der Waals surface area contributed by atoms with Gasteiger partial charge in [0.1, 0.15) is 22.4 Å². The number of aromatic hydroxyl groups is 1. The van der Waals surface area contributed by atoms with Gasteiger partial charge in [-0.3, -0.25) is 14.6 Å². The summed E-state index contributed by atoms with van der Waals surface area (Å²) in [6.07, 6.45) is 25.5. The standard InChI is InChI=1S/C51H72N6O6S2/c1-34(58)62-41-13-12-36-27-38(45(61)46-44(36)37-14-21-50(63-46)19-8-10-39(50)28-37)32-57-33-48(31-43(57)60,30-35-15-23-54-42(52)26-35)22-24-55-47(53)56-51(20-9-18-49(51)16-5-6-17-49)65-64-25-7-3-2-4-11-40(59)29-41/h14-15,21,23,26-27,37,39-41,59,61H,2-13,16-20,22,24-25,28-33H2,1H3,(H2,52,54)(H3,53,55,56)/t37-,39-,40-,41+,48-,50+,51+/m0/s1. The number of nitrogen functional groups attached to an aromatic ring is 1. The zero-order valence-corrected chi connectivity index (χ0v) is 40.1. The van der Waals surface area contributed by atoms with Crippen molar-refractivity contribution in [2.45, 2.75) is 183 Å². The minimum absolute atomic E-state index is 0.0258. The quantitative estimate of drug-likeness (QED) is 0.112. The van der Waals surface area contributed by atoms with Crippen molar-refractivity contribution >= 4 is 45.2 Å². The van der Waals surface area contributed by atoms with Crippen LogP contribution in [-0.2, 0) is 33.7 Å². The summed E-state index contributed by atoms with van der Waals surface area (Å²) in [5, 5.41) is 27.5. The highest BCUT2D eigenvalue weighted by molar-refractivity contribution is 8.77. The molecule has 7 N–H and O–H groups in total. The lowest BCUT2D eigenvalue weighted by Crippen LogP contribution is -2.55. The molecule has 4 aliphatic carbocycles. The summed E-state index contributed by atoms with van der Waals surface area (Å²) < 4.78 is 13.0. The van der Waals surface area contributed by atoms with Gasteiger partial charge in [-0.05, 0) is 132 Å². The molecule has 65 heavy (non-hydrogen) atoms. The lowest BCUT2D eigenvalue weighted by molar-refractivity contribution is -0.148. The minimum Gasteiger partial charge on any atom is -0.504 e. The number of carbonyl (C=O) groups is 2. The molecule has 1 saturated heterocycles. The summed E-state index contributed by atoms with van der Waals surface area (Å²) in [5.74, 6) is 2.74. The number of carbonyl (C=O) groups excluding carboxylic acids is 2. The number of pyridine rings is 1. The van der Waals surface area contributed by atoms with E-state index in [1.165, 1.54) is 45.4 Å². The molecule has 0 unspecified atom stereocenters. The molecule has 10 rings (SSSR count). The Morgan fingerprint density at radius 1 is 0.985 bits per heavy atom. The summed E-state index contributed by atoms with van der Waals surface area (Å²) >= 11 is 0. The Kier molecular flexibility index (Phi) is 14.0. The van der Waals surface area contributed by atoms with Crippen molar-refractivity contribution < 1.29 is 29.3 Å². The van der Waals surface area contributed by atoms with Crippen LogP contribution in [0.4, 0.5) is 5.82 Å². The monoisotopic (exact) mass is 928 g/mol. The Bertz CT molecular complexity index is 2130. The van der Waals surface area contributed by atoms with E-state index >= 15 is 0 Å². The number of aryl methyl sites for hydroxylation is 1. The average Bonchev–Trinajstić information content (AvgIpc) is 4.02. The van der Waals surface area contributed by atoms with Crippen LogP contribution in [0, 0.1) is 16.7 Å². The van der Waals surface area contributed by atoms with Gasteiger partial charge in [-0.15, -0.1) is 0 Å². The smallest absolute Gasteiger partial charge is 0.302 e. The number of guanidine groups is 1. The Morgan fingerprint density at radius 3 is 2.65 bits per heavy atom. The lowest BCUT2D eigenvalue weighted by atomic mass is 9.75. The summed E-state index contributed by atoms with van der Waals surface area (Å²) in [4.78, 5) is 37.9. The number of fused-ring (bicyclic) bond motifs is 5. The number of aliphatic hydroxyl groups is 1. The second-order valence-corrected chi connectivity index (χ2v) is 23.6. The fourth-order valence-electron chi connectivity index (χ4n) is 13.3. The predicted molar refractivity (Wildman–Crippen MR) is 259 cm³/mol. The van der Waals surface area contributed by atoms with E-state index in [0.717, 1.165) is 80.2 Å². The number of nitrogens with one attached hydrogen (secondary N) is 1. The van der Waals surface area contributed by atoms with Crippen LogP contribution in [0.25, 0.3) is 0 Å². The number of aliphatic imine (C=N–C) groups is 1. The third-order valence-corrected chi connectivity index (χ3v) is 19.8. The number of nitrogens with two attached hydrogens (primary N) is 2. The normalized spacial score (nSPS) is 33.2. The van der Waals surface area contributed by atoms with Gasteiger partial charge in [0.25, 0.3) is 0 Å². The molecule has 14 heteroatoms. The van der Waals surface area contributed by atoms with Crippen LogP contribution < -0.4 is 21.5 Å². The Morgan fingerprint density at radius 2 is 1.82 bits per heavy atom. The van der Waals surface area contributed by atoms with E-state index in [0.29, 0.717) is 87.0 Å². The van der Waals surface area contributed by atoms with Gasteiger partial charge in [-0.25, -0.2) is 4.98 Å². The number of phenols is 1. The van der Waals surface area contributed by atoms with Crippen molar-refractivity contribution in [3.8, 4) is 11.5 Å². The molecule has 12 nitrogen and oxygen atoms in total. The van der Waals surface area contributed by atoms with Crippen molar-refractivity contribution in [3.63, 3.8) is 0 Å². The summed E-state index contributed by atoms with van der Waals surface area (Å²) in [7, 11) is 3.95. The Hall–Kier alpha value is -3.62. The molecule has 3 spiro atoms. The van der Waals surface area contributed by atoms with Gasteiger partial charge < -0.3 is 41.4 Å². The van der Waals surface area contributed by atoms with Gasteiger partial charge in [-0.2, -0.15) is 0 Å². The van der Waals surface area contributed by atoms with Gasteiger partial charge in [0.05, 0.1) is 6.10 Å². The molecule has 6 bridgehead atoms. The van der Waals surface area contributed by atoms with E-state index in [9.17, 15) is 19.8 Å². The highest BCUT2D eigenvalue weighted by Crippen LogP contribution is 2.63. The Balaban J connectivity index is 1.04. The molecule has 0 radical (unpaired) electrons. The number of hydrogen-bond acceptors (Lipinski definition) is 13. The van der Waals surface area contributed by atoms with Crippen LogP contribution in [0.2, 0.25) is 0 Å². The number of benzene rings is 1. The third-order valence-electron chi connectivity index (χ3n) is 16.4. The number of rotatable bonds is 3. The number of amides is 1. The van der Waals surface area contributed by atoms with Crippen LogP contribution in [0.3, 0.4) is 0 Å². The van der Waals surface area contributed by atoms with Crippen LogP contribution >= 0.6 is 21.6 Å². The van der Waals surface area contributed by atoms with Gasteiger partial charge in [-0.1, -0.05) is 59.8 Å². The zero-order chi connectivity index (χ0) is 45.2. The molecule has 354 valence electrons. The first-order valence-corrected chi connectivity index (χ1v) is 27.2. The van der Waals surface area contributed by atoms with Crippen LogP contribution in [0.5, 0.6) is 11.5 Å². The molecule has 4 fully saturated rings. The van der Waals surface area contributed by atoms with Crippen molar-refractivity contribution in [1.29, 1.82) is 0 Å². The summed E-state index contributed by atoms with van der Waals surface area (Å²) in [6.45, 7) is 2.61. The van der Waals surface area contributed by atoms with E-state index in [2.05, 4.69) is 28.5 Å². The third kappa shape index (κ3) is 9.87. The molecule has 3 saturated carbocycles. The van der Waals surface area contributed by atoms with Gasteiger partial charge in [0.2, 0.25) is 5.91 Å². The summed E-state index contributed by atoms with van der Waals surface area (Å²) in [6, 6.07) is 5.95. The molecule has 1 amide bonds. The van der Waals surface area contributed by atoms with Gasteiger partial charge in [0, 0.05) is 85.1 Å². The molecule has 8 aliphatic rings. The largest absolute Gasteiger partial charge is 0.504 e. The second-order valence-electron chi connectivity index (χ2n) is 20.9. The maximum absolute atomic E-state index is 14.4. The van der Waals surface area contributed by atoms with E-state index in [4.69, 9.17) is 25.9 Å². The fourth-order valence-corrected chi connectivity index (χ4v) is 16.9. The molecule has 1 aromatic heterocycles. The number of esters is 1. The van der Waals surface area contributed by atoms with Crippen molar-refractivity contribution in [3.05, 3.63) is 58.8 Å². The number of phenolic OH excluding ortho intramolecular Hbond substituents is 1. The van der Waals surface area contributed by atoms with Gasteiger partial charge >= 0.3 is 5.97 Å². The van der Waals surface area contributed by atoms with Crippen molar-refractivity contribution in [2.24, 2.45) is 27.5 Å². The highest BCUT2D eigenvalue weighted by atomic mass is 33.1. The molecular formula is C51H72N6O6S2. The zero-order valence-electron chi connectivity index (χ0n) is 38.5. The first-order valence-electron chi connectivity index (χ1n) is 24.9. The number of allylic oxidation sites excluding steroid dienone is 1. The number of anilines is 1. The number of hydrogen-bond donors (Lipinski definition) is 5. The second kappa shape index (κ2) is 19.5. The topological polar surface area (TPSA) is 186 Å². The van der Waals surface area contributed by atoms with Crippen LogP contribution in [0.15, 0.2) is 41.5 Å². The Labute approximate surface area is 393 Å². The molecular weight excluding hydrogens is 857 g/mol. The highest BCUT2D eigenvalue weighted by Gasteiger charge is 2.57. The first kappa shape index (κ1) is 46.5. The van der Waals surface area contributed by atoms with Crippen molar-refractivity contribution in [1.82, 2.24) is 15.2 Å². The number of aromatic nitrogens is 1. The van der Waals surface area contributed by atoms with Gasteiger partial charge in [0.15, 0.2) is 17.5 Å².